The molecule has 8 heteroatoms. The number of hydrogen-bond acceptors (Lipinski definition) is 6. The molecule has 2 N–H and O–H groups in total. The molecule has 1 atom stereocenters. The highest BCUT2D eigenvalue weighted by atomic mass is 16.5. The average molecular weight is 331 g/mol. The highest BCUT2D eigenvalue weighted by molar-refractivity contribution is 5.88. The SMILES string of the molecule is Cc1ccc(NC(=O)N[C@@H](c2nc(C)no2)C2CCOCC2)nc1. The Morgan fingerprint density at radius 1 is 1.29 bits per heavy atom. The van der Waals surface area contributed by atoms with Crippen LogP contribution in [0.15, 0.2) is 22.9 Å². The van der Waals surface area contributed by atoms with Crippen molar-refractivity contribution >= 4 is 11.8 Å². The smallest absolute Gasteiger partial charge is 0.321 e. The number of urea groups is 1. The lowest BCUT2D eigenvalue weighted by Gasteiger charge is -2.28. The first-order chi connectivity index (χ1) is 11.6. The van der Waals surface area contributed by atoms with Crippen molar-refractivity contribution in [2.24, 2.45) is 5.92 Å². The van der Waals surface area contributed by atoms with Gasteiger partial charge in [-0.15, -0.1) is 0 Å². The Morgan fingerprint density at radius 3 is 2.71 bits per heavy atom. The Bertz CT molecular complexity index is 679. The van der Waals surface area contributed by atoms with E-state index in [1.807, 2.05) is 13.0 Å². The molecule has 8 nitrogen and oxygen atoms in total. The van der Waals surface area contributed by atoms with Crippen molar-refractivity contribution in [3.05, 3.63) is 35.6 Å². The summed E-state index contributed by atoms with van der Waals surface area (Å²) in [6.45, 7) is 5.02. The maximum atomic E-state index is 12.3. The summed E-state index contributed by atoms with van der Waals surface area (Å²) in [5, 5.41) is 9.50. The first-order valence-electron chi connectivity index (χ1n) is 8.00. The Morgan fingerprint density at radius 2 is 2.08 bits per heavy atom. The summed E-state index contributed by atoms with van der Waals surface area (Å²) in [5.41, 5.74) is 1.03. The molecular weight excluding hydrogens is 310 g/mol. The van der Waals surface area contributed by atoms with Crippen LogP contribution >= 0.6 is 0 Å². The lowest BCUT2D eigenvalue weighted by atomic mass is 9.91. The predicted octanol–water partition coefficient (Wildman–Crippen LogP) is 2.37. The Hall–Kier alpha value is -2.48. The molecule has 0 aromatic carbocycles. The van der Waals surface area contributed by atoms with Crippen LogP contribution in [-0.2, 0) is 4.74 Å². The summed E-state index contributed by atoms with van der Waals surface area (Å²) in [6, 6.07) is 2.95. The van der Waals surface area contributed by atoms with Crippen LogP contribution in [0.2, 0.25) is 0 Å². The van der Waals surface area contributed by atoms with E-state index in [0.29, 0.717) is 30.7 Å². The van der Waals surface area contributed by atoms with Crippen LogP contribution in [0.25, 0.3) is 0 Å². The number of anilines is 1. The van der Waals surface area contributed by atoms with E-state index in [1.54, 1.807) is 19.2 Å². The van der Waals surface area contributed by atoms with Crippen molar-refractivity contribution < 1.29 is 14.1 Å². The number of aromatic nitrogens is 3. The number of rotatable bonds is 4. The minimum Gasteiger partial charge on any atom is -0.381 e. The third-order valence-corrected chi connectivity index (χ3v) is 3.99. The molecule has 0 aliphatic carbocycles. The second kappa shape index (κ2) is 7.39. The van der Waals surface area contributed by atoms with Crippen molar-refractivity contribution in [2.45, 2.75) is 32.7 Å². The molecule has 2 aromatic rings. The van der Waals surface area contributed by atoms with E-state index in [2.05, 4.69) is 25.8 Å². The van der Waals surface area contributed by atoms with Crippen molar-refractivity contribution in [1.29, 1.82) is 0 Å². The molecule has 3 rings (SSSR count). The summed E-state index contributed by atoms with van der Waals surface area (Å²) in [5.74, 6) is 1.65. The molecule has 1 fully saturated rings. The van der Waals surface area contributed by atoms with Crippen LogP contribution in [0.1, 0.15) is 36.2 Å². The summed E-state index contributed by atoms with van der Waals surface area (Å²) in [7, 11) is 0. The first-order valence-corrected chi connectivity index (χ1v) is 8.00. The topological polar surface area (TPSA) is 102 Å². The van der Waals surface area contributed by atoms with Gasteiger partial charge in [-0.2, -0.15) is 4.98 Å². The molecule has 0 saturated carbocycles. The van der Waals surface area contributed by atoms with Gasteiger partial charge in [-0.1, -0.05) is 11.2 Å². The van der Waals surface area contributed by atoms with E-state index in [9.17, 15) is 4.79 Å². The van der Waals surface area contributed by atoms with Crippen LogP contribution in [-0.4, -0.2) is 34.4 Å². The molecule has 0 spiro atoms. The van der Waals surface area contributed by atoms with Gasteiger partial charge in [-0.25, -0.2) is 9.78 Å². The van der Waals surface area contributed by atoms with Gasteiger partial charge >= 0.3 is 6.03 Å². The molecule has 1 aliphatic rings. The minimum atomic E-state index is -0.348. The molecule has 1 saturated heterocycles. The van der Waals surface area contributed by atoms with Crippen molar-refractivity contribution in [3.8, 4) is 0 Å². The van der Waals surface area contributed by atoms with Crippen LogP contribution in [0.4, 0.5) is 10.6 Å². The van der Waals surface area contributed by atoms with E-state index in [-0.39, 0.29) is 18.0 Å². The zero-order valence-corrected chi connectivity index (χ0v) is 13.8. The molecule has 0 unspecified atom stereocenters. The van der Waals surface area contributed by atoms with Gasteiger partial charge in [0.15, 0.2) is 5.82 Å². The molecule has 128 valence electrons. The quantitative estimate of drug-likeness (QED) is 0.892. The first kappa shape index (κ1) is 16.4. The minimum absolute atomic E-state index is 0.190. The second-order valence-corrected chi connectivity index (χ2v) is 5.93. The summed E-state index contributed by atoms with van der Waals surface area (Å²) in [6.07, 6.45) is 3.36. The van der Waals surface area contributed by atoms with Gasteiger partial charge in [-0.05, 0) is 44.2 Å². The Labute approximate surface area is 140 Å². The molecule has 0 bridgehead atoms. The molecule has 0 radical (unpaired) electrons. The monoisotopic (exact) mass is 331 g/mol. The van der Waals surface area contributed by atoms with Crippen molar-refractivity contribution in [3.63, 3.8) is 0 Å². The normalized spacial score (nSPS) is 16.6. The number of ether oxygens (including phenoxy) is 1. The standard InChI is InChI=1S/C16H21N5O3/c1-10-3-4-13(17-9-10)19-16(22)20-14(12-5-7-23-8-6-12)15-18-11(2)21-24-15/h3-4,9,12,14H,5-8H2,1-2H3,(H2,17,19,20,22)/t14-/m1/s1. The molecule has 3 heterocycles. The van der Waals surface area contributed by atoms with Gasteiger partial charge in [-0.3, -0.25) is 5.32 Å². The highest BCUT2D eigenvalue weighted by Gasteiger charge is 2.31. The van der Waals surface area contributed by atoms with Gasteiger partial charge in [0.25, 0.3) is 0 Å². The molecule has 2 amide bonds. The number of carbonyl (C=O) groups excluding carboxylic acids is 1. The fourth-order valence-electron chi connectivity index (χ4n) is 2.71. The number of nitrogens with zero attached hydrogens (tertiary/aromatic N) is 3. The molecule has 1 aliphatic heterocycles. The number of pyridine rings is 1. The maximum absolute atomic E-state index is 12.3. The fraction of sp³-hybridized carbons (Fsp3) is 0.500. The zero-order chi connectivity index (χ0) is 16.9. The van der Waals surface area contributed by atoms with E-state index >= 15 is 0 Å². The Balaban J connectivity index is 1.70. The average Bonchev–Trinajstić information content (AvgIpc) is 3.02. The summed E-state index contributed by atoms with van der Waals surface area (Å²) in [4.78, 5) is 20.8. The van der Waals surface area contributed by atoms with Gasteiger partial charge in [0.05, 0.1) is 0 Å². The second-order valence-electron chi connectivity index (χ2n) is 5.93. The number of carbonyl (C=O) groups is 1. The van der Waals surface area contributed by atoms with Gasteiger partial charge in [0.1, 0.15) is 11.9 Å². The molecule has 24 heavy (non-hydrogen) atoms. The highest BCUT2D eigenvalue weighted by Crippen LogP contribution is 2.29. The predicted molar refractivity (Wildman–Crippen MR) is 86.4 cm³/mol. The third-order valence-electron chi connectivity index (χ3n) is 3.99. The number of amides is 2. The van der Waals surface area contributed by atoms with Gasteiger partial charge < -0.3 is 14.6 Å². The molecular formula is C16H21N5O3. The summed E-state index contributed by atoms with van der Waals surface area (Å²) < 4.78 is 10.7. The van der Waals surface area contributed by atoms with Gasteiger partial charge in [0.2, 0.25) is 5.89 Å². The molecule has 2 aromatic heterocycles. The van der Waals surface area contributed by atoms with Crippen molar-refractivity contribution in [2.75, 3.05) is 18.5 Å². The van der Waals surface area contributed by atoms with E-state index in [4.69, 9.17) is 9.26 Å². The lowest BCUT2D eigenvalue weighted by Crippen LogP contribution is -2.38. The Kier molecular flexibility index (Phi) is 5.05. The van der Waals surface area contributed by atoms with Crippen LogP contribution in [0.3, 0.4) is 0 Å². The number of hydrogen-bond donors (Lipinski definition) is 2. The zero-order valence-electron chi connectivity index (χ0n) is 13.8. The van der Waals surface area contributed by atoms with Gasteiger partial charge in [0, 0.05) is 19.4 Å². The van der Waals surface area contributed by atoms with Crippen LogP contribution in [0.5, 0.6) is 0 Å². The largest absolute Gasteiger partial charge is 0.381 e. The maximum Gasteiger partial charge on any atom is 0.321 e. The van der Waals surface area contributed by atoms with Crippen molar-refractivity contribution in [1.82, 2.24) is 20.4 Å². The number of nitrogens with one attached hydrogen (secondary N) is 2. The van der Waals surface area contributed by atoms with E-state index < -0.39 is 0 Å². The van der Waals surface area contributed by atoms with Crippen LogP contribution < -0.4 is 10.6 Å². The van der Waals surface area contributed by atoms with E-state index in [0.717, 1.165) is 18.4 Å². The third kappa shape index (κ3) is 4.08. The number of aryl methyl sites for hydroxylation is 2. The van der Waals surface area contributed by atoms with Crippen LogP contribution in [0, 0.1) is 19.8 Å². The summed E-state index contributed by atoms with van der Waals surface area (Å²) >= 11 is 0. The fourth-order valence-corrected chi connectivity index (χ4v) is 2.71. The van der Waals surface area contributed by atoms with E-state index in [1.165, 1.54) is 0 Å². The lowest BCUT2D eigenvalue weighted by molar-refractivity contribution is 0.0506.